The lowest BCUT2D eigenvalue weighted by Gasteiger charge is -2.49. The fourth-order valence-electron chi connectivity index (χ4n) is 5.03. The van der Waals surface area contributed by atoms with Gasteiger partial charge in [0.25, 0.3) is 17.7 Å². The third-order valence-electron chi connectivity index (χ3n) is 7.41. The third-order valence-corrected chi connectivity index (χ3v) is 10.5. The summed E-state index contributed by atoms with van der Waals surface area (Å²) >= 11 is 3.73. The maximum absolute atomic E-state index is 14.2. The highest BCUT2D eigenvalue weighted by atomic mass is 32.2. The molecule has 6 rings (SSSR count). The Labute approximate surface area is 296 Å². The number of rotatable bonds is 13. The summed E-state index contributed by atoms with van der Waals surface area (Å²) in [7, 11) is 1.70. The standard InChI is InChI=1S/C30H29N11O6S3/c1-40-30(36-38-39-40)50-14-18-13-48-27-22(34-25(43)21(19-15-49-29(31)33-19)37-46-12-20(42)35-32)26(44)41(27)23(18)28(45)47-24(16-8-4-2-5-9-16)17-10-6-3-7-11-17/h2-11,15,22,24,27H,12-14,32H2,1H3,(H2,31,33)(H,34,43)(H,35,42)/t22?,27-/m1/s1. The molecule has 4 aromatic rings. The number of aromatic nitrogens is 5. The van der Waals surface area contributed by atoms with E-state index in [1.807, 2.05) is 66.1 Å². The molecule has 0 aliphatic carbocycles. The lowest BCUT2D eigenvalue weighted by molar-refractivity contribution is -0.154. The van der Waals surface area contributed by atoms with Crippen molar-refractivity contribution in [2.24, 2.45) is 18.0 Å². The van der Waals surface area contributed by atoms with Crippen LogP contribution in [0, 0.1) is 0 Å². The van der Waals surface area contributed by atoms with Crippen LogP contribution in [-0.4, -0.2) is 89.0 Å². The largest absolute Gasteiger partial charge is 0.448 e. The number of aryl methyl sites for hydroxylation is 1. The molecule has 2 aliphatic heterocycles. The number of thioether (sulfide) groups is 2. The monoisotopic (exact) mass is 735 g/mol. The Bertz CT molecular complexity index is 1910. The number of nitrogens with zero attached hydrogens (tertiary/aromatic N) is 7. The van der Waals surface area contributed by atoms with Crippen LogP contribution in [0.1, 0.15) is 22.9 Å². The van der Waals surface area contributed by atoms with Crippen LogP contribution in [0.4, 0.5) is 5.13 Å². The molecule has 2 aliphatic rings. The number of fused-ring (bicyclic) bond motifs is 1. The van der Waals surface area contributed by atoms with E-state index in [0.29, 0.717) is 16.5 Å². The number of hydrazine groups is 1. The molecule has 2 atom stereocenters. The predicted octanol–water partition coefficient (Wildman–Crippen LogP) is 0.739. The molecule has 0 saturated carbocycles. The first-order valence-electron chi connectivity index (χ1n) is 14.8. The molecule has 3 amide bonds. The summed E-state index contributed by atoms with van der Waals surface area (Å²) in [6.07, 6.45) is -0.764. The Morgan fingerprint density at radius 2 is 1.82 bits per heavy atom. The molecule has 1 fully saturated rings. The molecule has 6 N–H and O–H groups in total. The van der Waals surface area contributed by atoms with E-state index in [1.165, 1.54) is 38.5 Å². The summed E-state index contributed by atoms with van der Waals surface area (Å²) < 4.78 is 7.71. The Hall–Kier alpha value is -5.31. The van der Waals surface area contributed by atoms with Gasteiger partial charge in [-0.05, 0) is 27.1 Å². The predicted molar refractivity (Wildman–Crippen MR) is 184 cm³/mol. The number of carbonyl (C=O) groups excluding carboxylic acids is 4. The highest BCUT2D eigenvalue weighted by molar-refractivity contribution is 8.01. The number of thiazole rings is 1. The number of oxime groups is 1. The van der Waals surface area contributed by atoms with Crippen LogP contribution in [-0.2, 0) is 35.8 Å². The number of benzene rings is 2. The highest BCUT2D eigenvalue weighted by Crippen LogP contribution is 2.42. The van der Waals surface area contributed by atoms with Gasteiger partial charge in [0.05, 0.1) is 0 Å². The van der Waals surface area contributed by atoms with Crippen molar-refractivity contribution in [1.29, 1.82) is 0 Å². The van der Waals surface area contributed by atoms with Crippen molar-refractivity contribution in [2.45, 2.75) is 22.7 Å². The van der Waals surface area contributed by atoms with Crippen LogP contribution >= 0.6 is 34.9 Å². The summed E-state index contributed by atoms with van der Waals surface area (Å²) in [4.78, 5) is 63.6. The van der Waals surface area contributed by atoms with E-state index < -0.39 is 47.8 Å². The van der Waals surface area contributed by atoms with Crippen molar-refractivity contribution in [2.75, 3.05) is 23.8 Å². The highest BCUT2D eigenvalue weighted by Gasteiger charge is 2.55. The van der Waals surface area contributed by atoms with Gasteiger partial charge >= 0.3 is 5.97 Å². The summed E-state index contributed by atoms with van der Waals surface area (Å²) in [6, 6.07) is 17.5. The van der Waals surface area contributed by atoms with Gasteiger partial charge in [-0.2, -0.15) is 0 Å². The number of tetrazole rings is 1. The molecule has 1 unspecified atom stereocenters. The van der Waals surface area contributed by atoms with Gasteiger partial charge in [0.15, 0.2) is 23.6 Å². The number of nitrogen functional groups attached to an aromatic ring is 1. The van der Waals surface area contributed by atoms with Crippen LogP contribution in [0.5, 0.6) is 0 Å². The molecule has 1 saturated heterocycles. The van der Waals surface area contributed by atoms with Crippen molar-refractivity contribution in [3.8, 4) is 0 Å². The number of anilines is 1. The first-order valence-corrected chi connectivity index (χ1v) is 17.7. The minimum atomic E-state index is -1.04. The lowest BCUT2D eigenvalue weighted by atomic mass is 10.0. The zero-order valence-corrected chi connectivity index (χ0v) is 28.6. The van der Waals surface area contributed by atoms with Crippen molar-refractivity contribution >= 4 is 69.4 Å². The summed E-state index contributed by atoms with van der Waals surface area (Å²) in [5, 5.41) is 19.5. The topological polar surface area (TPSA) is 235 Å². The quantitative estimate of drug-likeness (QED) is 0.0282. The van der Waals surface area contributed by atoms with Crippen molar-refractivity contribution in [3.05, 3.63) is 94.1 Å². The molecular formula is C30H29N11O6S3. The summed E-state index contributed by atoms with van der Waals surface area (Å²) in [5.41, 5.74) is 9.63. The zero-order chi connectivity index (χ0) is 35.2. The second kappa shape index (κ2) is 15.5. The Kier molecular flexibility index (Phi) is 10.7. The number of amides is 3. The number of carbonyl (C=O) groups is 4. The molecule has 17 nitrogen and oxygen atoms in total. The number of β-lactam (4-membered cyclic amide) rings is 1. The van der Waals surface area contributed by atoms with Gasteiger partial charge in [-0.15, -0.1) is 28.2 Å². The van der Waals surface area contributed by atoms with Crippen molar-refractivity contribution in [3.63, 3.8) is 0 Å². The lowest BCUT2D eigenvalue weighted by Crippen LogP contribution is -2.71. The Morgan fingerprint density at radius 1 is 1.12 bits per heavy atom. The van der Waals surface area contributed by atoms with E-state index in [-0.39, 0.29) is 28.0 Å². The number of hydrogen-bond donors (Lipinski definition) is 4. The van der Waals surface area contributed by atoms with Crippen molar-refractivity contribution < 1.29 is 28.8 Å². The van der Waals surface area contributed by atoms with Crippen LogP contribution in [0.15, 0.2) is 87.6 Å². The average Bonchev–Trinajstić information content (AvgIpc) is 3.77. The maximum Gasteiger partial charge on any atom is 0.356 e. The summed E-state index contributed by atoms with van der Waals surface area (Å²) in [6.45, 7) is -0.573. The van der Waals surface area contributed by atoms with Gasteiger partial charge in [0.1, 0.15) is 22.8 Å². The number of ether oxygens (including phenoxy) is 1. The van der Waals surface area contributed by atoms with Gasteiger partial charge in [-0.25, -0.2) is 20.3 Å². The molecule has 0 radical (unpaired) electrons. The summed E-state index contributed by atoms with van der Waals surface area (Å²) in [5.74, 6) is 2.97. The van der Waals surface area contributed by atoms with Gasteiger partial charge in [-0.3, -0.25) is 24.7 Å². The number of nitrogens with one attached hydrogen (secondary N) is 2. The first kappa shape index (κ1) is 34.5. The van der Waals surface area contributed by atoms with Crippen LogP contribution in [0.25, 0.3) is 0 Å². The molecule has 258 valence electrons. The van der Waals surface area contributed by atoms with Gasteiger partial charge in [0, 0.05) is 23.9 Å². The second-order valence-electron chi connectivity index (χ2n) is 10.6. The molecule has 50 heavy (non-hydrogen) atoms. The Balaban J connectivity index is 1.27. The van der Waals surface area contributed by atoms with Crippen LogP contribution in [0.3, 0.4) is 0 Å². The molecule has 20 heteroatoms. The molecular weight excluding hydrogens is 707 g/mol. The van der Waals surface area contributed by atoms with E-state index >= 15 is 0 Å². The van der Waals surface area contributed by atoms with Crippen molar-refractivity contribution in [1.82, 2.24) is 40.8 Å². The SMILES string of the molecule is Cn1nnnc1SCC1=C(C(=O)OC(c2ccccc2)c2ccccc2)N2C(=O)C(NC(=O)C(=NOCC(=O)NN)c3csc(N)n3)[C@H]2SC1. The third kappa shape index (κ3) is 7.47. The fraction of sp³-hybridized carbons (Fsp3) is 0.233. The fourth-order valence-corrected chi connectivity index (χ4v) is 7.92. The molecule has 2 aromatic heterocycles. The minimum Gasteiger partial charge on any atom is -0.448 e. The van der Waals surface area contributed by atoms with E-state index in [9.17, 15) is 19.2 Å². The van der Waals surface area contributed by atoms with Crippen LogP contribution < -0.4 is 22.3 Å². The maximum atomic E-state index is 14.2. The number of hydrogen-bond acceptors (Lipinski definition) is 16. The molecule has 2 aromatic carbocycles. The second-order valence-corrected chi connectivity index (χ2v) is 13.6. The molecule has 0 spiro atoms. The average molecular weight is 736 g/mol. The van der Waals surface area contributed by atoms with E-state index in [1.54, 1.807) is 7.05 Å². The van der Waals surface area contributed by atoms with E-state index in [0.717, 1.165) is 22.5 Å². The zero-order valence-electron chi connectivity index (χ0n) is 26.2. The van der Waals surface area contributed by atoms with E-state index in [4.69, 9.17) is 21.2 Å². The number of esters is 1. The smallest absolute Gasteiger partial charge is 0.356 e. The van der Waals surface area contributed by atoms with Gasteiger partial charge < -0.3 is 20.6 Å². The number of nitrogens with two attached hydrogens (primary N) is 2. The van der Waals surface area contributed by atoms with Gasteiger partial charge in [-0.1, -0.05) is 77.6 Å². The van der Waals surface area contributed by atoms with Crippen LogP contribution in [0.2, 0.25) is 0 Å². The van der Waals surface area contributed by atoms with Gasteiger partial charge in [0.2, 0.25) is 5.16 Å². The first-order chi connectivity index (χ1) is 24.2. The minimum absolute atomic E-state index is 0.0766. The molecule has 0 bridgehead atoms. The Morgan fingerprint density at radius 3 is 2.42 bits per heavy atom. The van der Waals surface area contributed by atoms with E-state index in [2.05, 4.69) is 31.0 Å². The molecule has 4 heterocycles. The normalized spacial score (nSPS) is 17.2.